The Morgan fingerprint density at radius 3 is 2.62 bits per heavy atom. The van der Waals surface area contributed by atoms with Crippen LogP contribution in [0.2, 0.25) is 0 Å². The van der Waals surface area contributed by atoms with Crippen LogP contribution in [0.1, 0.15) is 58.2 Å². The lowest BCUT2D eigenvalue weighted by Gasteiger charge is -2.36. The fourth-order valence-electron chi connectivity index (χ4n) is 4.10. The molecule has 1 aromatic rings. The SMILES string of the molecule is CC(C)CC(=O)Nc1n[nH]c2c1CN(C(=O)C1CC[NH+](C)CC1)C2(C)C. The van der Waals surface area contributed by atoms with Crippen LogP contribution < -0.4 is 10.2 Å². The van der Waals surface area contributed by atoms with Crippen molar-refractivity contribution in [3.05, 3.63) is 11.3 Å². The van der Waals surface area contributed by atoms with E-state index in [1.165, 1.54) is 4.90 Å². The Balaban J connectivity index is 1.75. The summed E-state index contributed by atoms with van der Waals surface area (Å²) in [6.07, 6.45) is 2.36. The summed E-state index contributed by atoms with van der Waals surface area (Å²) in [4.78, 5) is 28.7. The van der Waals surface area contributed by atoms with Crippen molar-refractivity contribution in [3.8, 4) is 0 Å². The summed E-state index contributed by atoms with van der Waals surface area (Å²) >= 11 is 0. The van der Waals surface area contributed by atoms with E-state index in [2.05, 4.69) is 36.4 Å². The third-order valence-corrected chi connectivity index (χ3v) is 5.78. The molecular weight excluding hydrogens is 330 g/mol. The maximum atomic E-state index is 13.2. The normalized spacial score (nSPS) is 24.6. The van der Waals surface area contributed by atoms with E-state index in [1.807, 2.05) is 18.7 Å². The number of quaternary nitrogens is 1. The van der Waals surface area contributed by atoms with Gasteiger partial charge in [-0.25, -0.2) is 0 Å². The van der Waals surface area contributed by atoms with E-state index in [-0.39, 0.29) is 17.7 Å². The number of aromatic amines is 1. The minimum atomic E-state index is -0.434. The summed E-state index contributed by atoms with van der Waals surface area (Å²) in [7, 11) is 2.18. The number of nitrogens with zero attached hydrogens (tertiary/aromatic N) is 2. The number of carbonyl (C=O) groups is 2. The number of carbonyl (C=O) groups excluding carboxylic acids is 2. The molecule has 0 spiro atoms. The zero-order valence-electron chi connectivity index (χ0n) is 16.6. The first-order chi connectivity index (χ1) is 12.2. The van der Waals surface area contributed by atoms with Crippen molar-refractivity contribution in [2.45, 2.75) is 59.0 Å². The molecule has 144 valence electrons. The molecule has 0 aromatic carbocycles. The van der Waals surface area contributed by atoms with Gasteiger partial charge in [-0.05, 0) is 19.8 Å². The summed E-state index contributed by atoms with van der Waals surface area (Å²) in [5.41, 5.74) is 1.44. The van der Waals surface area contributed by atoms with Gasteiger partial charge in [-0.15, -0.1) is 0 Å². The van der Waals surface area contributed by atoms with Crippen molar-refractivity contribution in [1.82, 2.24) is 15.1 Å². The number of fused-ring (bicyclic) bond motifs is 1. The monoisotopic (exact) mass is 362 g/mol. The van der Waals surface area contributed by atoms with E-state index in [0.717, 1.165) is 37.2 Å². The summed E-state index contributed by atoms with van der Waals surface area (Å²) < 4.78 is 0. The van der Waals surface area contributed by atoms with E-state index in [0.29, 0.717) is 24.7 Å². The predicted molar refractivity (Wildman–Crippen MR) is 99.6 cm³/mol. The van der Waals surface area contributed by atoms with Gasteiger partial charge >= 0.3 is 0 Å². The molecule has 3 heterocycles. The second kappa shape index (κ2) is 7.02. The molecule has 2 aliphatic rings. The maximum absolute atomic E-state index is 13.2. The number of rotatable bonds is 4. The van der Waals surface area contributed by atoms with Crippen molar-refractivity contribution in [2.75, 3.05) is 25.5 Å². The zero-order chi connectivity index (χ0) is 19.1. The smallest absolute Gasteiger partial charge is 0.227 e. The number of hydrogen-bond acceptors (Lipinski definition) is 3. The van der Waals surface area contributed by atoms with E-state index in [1.54, 1.807) is 0 Å². The van der Waals surface area contributed by atoms with Gasteiger partial charge in [0, 0.05) is 30.7 Å². The van der Waals surface area contributed by atoms with Gasteiger partial charge in [-0.3, -0.25) is 14.7 Å². The van der Waals surface area contributed by atoms with Gasteiger partial charge in [0.25, 0.3) is 0 Å². The maximum Gasteiger partial charge on any atom is 0.227 e. The Bertz CT molecular complexity index is 686. The fourth-order valence-corrected chi connectivity index (χ4v) is 4.10. The van der Waals surface area contributed by atoms with Crippen LogP contribution in [0.3, 0.4) is 0 Å². The van der Waals surface area contributed by atoms with E-state index < -0.39 is 5.54 Å². The van der Waals surface area contributed by atoms with Crippen LogP contribution in [-0.2, 0) is 21.7 Å². The van der Waals surface area contributed by atoms with Gasteiger partial charge in [-0.2, -0.15) is 5.10 Å². The Labute approximate surface area is 155 Å². The third-order valence-electron chi connectivity index (χ3n) is 5.78. The fraction of sp³-hybridized carbons (Fsp3) is 0.737. The Kier molecular flexibility index (Phi) is 5.10. The number of likely N-dealkylation sites (tertiary alicyclic amines) is 1. The molecule has 1 fully saturated rings. The van der Waals surface area contributed by atoms with Crippen molar-refractivity contribution in [3.63, 3.8) is 0 Å². The van der Waals surface area contributed by atoms with Crippen molar-refractivity contribution in [2.24, 2.45) is 11.8 Å². The summed E-state index contributed by atoms with van der Waals surface area (Å²) in [5.74, 6) is 1.17. The number of nitrogens with one attached hydrogen (secondary N) is 3. The highest BCUT2D eigenvalue weighted by Gasteiger charge is 2.45. The standard InChI is InChI=1S/C19H31N5O2/c1-12(2)10-15(25)20-17-14-11-24(19(3,4)16(14)21-22-17)18(26)13-6-8-23(5)9-7-13/h12-13H,6-11H2,1-5H3,(H2,20,21,22,25)/p+1. The largest absolute Gasteiger partial charge is 0.337 e. The zero-order valence-corrected chi connectivity index (χ0v) is 16.6. The Morgan fingerprint density at radius 1 is 1.35 bits per heavy atom. The molecule has 0 atom stereocenters. The summed E-state index contributed by atoms with van der Waals surface area (Å²) in [6.45, 7) is 10.7. The topological polar surface area (TPSA) is 82.5 Å². The number of piperidine rings is 1. The van der Waals surface area contributed by atoms with Crippen LogP contribution in [0.5, 0.6) is 0 Å². The highest BCUT2D eigenvalue weighted by molar-refractivity contribution is 5.91. The lowest BCUT2D eigenvalue weighted by molar-refractivity contribution is -0.885. The first-order valence-electron chi connectivity index (χ1n) is 9.70. The molecule has 0 bridgehead atoms. The summed E-state index contributed by atoms with van der Waals surface area (Å²) in [5, 5.41) is 10.3. The number of H-pyrrole nitrogens is 1. The van der Waals surface area contributed by atoms with Crippen LogP contribution in [0.15, 0.2) is 0 Å². The molecule has 3 N–H and O–H groups in total. The van der Waals surface area contributed by atoms with Crippen LogP contribution >= 0.6 is 0 Å². The lowest BCUT2D eigenvalue weighted by atomic mass is 9.93. The Morgan fingerprint density at radius 2 is 2.00 bits per heavy atom. The van der Waals surface area contributed by atoms with E-state index in [4.69, 9.17) is 0 Å². The molecular formula is C19H32N5O2+. The van der Waals surface area contributed by atoms with Crippen molar-refractivity contribution in [1.29, 1.82) is 0 Å². The first kappa shape index (κ1) is 18.9. The van der Waals surface area contributed by atoms with Gasteiger partial charge in [0.15, 0.2) is 5.82 Å². The average molecular weight is 362 g/mol. The molecule has 0 radical (unpaired) electrons. The van der Waals surface area contributed by atoms with Gasteiger partial charge in [-0.1, -0.05) is 13.8 Å². The molecule has 1 aromatic heterocycles. The average Bonchev–Trinajstić information content (AvgIpc) is 3.06. The molecule has 26 heavy (non-hydrogen) atoms. The first-order valence-corrected chi connectivity index (χ1v) is 9.70. The van der Waals surface area contributed by atoms with Crippen LogP contribution in [-0.4, -0.2) is 47.0 Å². The second-order valence-electron chi connectivity index (χ2n) is 8.79. The quantitative estimate of drug-likeness (QED) is 0.744. The molecule has 7 heteroatoms. The molecule has 2 aliphatic heterocycles. The lowest BCUT2D eigenvalue weighted by Crippen LogP contribution is -3.10. The van der Waals surface area contributed by atoms with Crippen LogP contribution in [0.4, 0.5) is 5.82 Å². The molecule has 3 rings (SSSR count). The number of hydrogen-bond donors (Lipinski definition) is 3. The van der Waals surface area contributed by atoms with Gasteiger partial charge < -0.3 is 15.1 Å². The number of aromatic nitrogens is 2. The van der Waals surface area contributed by atoms with Crippen molar-refractivity contribution < 1.29 is 14.5 Å². The molecule has 1 saturated heterocycles. The molecule has 0 saturated carbocycles. The highest BCUT2D eigenvalue weighted by atomic mass is 16.2. The molecule has 7 nitrogen and oxygen atoms in total. The van der Waals surface area contributed by atoms with Gasteiger partial charge in [0.05, 0.1) is 37.9 Å². The molecule has 2 amide bonds. The van der Waals surface area contributed by atoms with E-state index >= 15 is 0 Å². The number of anilines is 1. The van der Waals surface area contributed by atoms with Gasteiger partial charge in [0.1, 0.15) is 0 Å². The van der Waals surface area contributed by atoms with Crippen LogP contribution in [0, 0.1) is 11.8 Å². The van der Waals surface area contributed by atoms with E-state index in [9.17, 15) is 9.59 Å². The number of amides is 2. The second-order valence-corrected chi connectivity index (χ2v) is 8.79. The van der Waals surface area contributed by atoms with Gasteiger partial charge in [0.2, 0.25) is 11.8 Å². The highest BCUT2D eigenvalue weighted by Crippen LogP contribution is 2.41. The summed E-state index contributed by atoms with van der Waals surface area (Å²) in [6, 6.07) is 0. The minimum Gasteiger partial charge on any atom is -0.337 e. The van der Waals surface area contributed by atoms with Crippen LogP contribution in [0.25, 0.3) is 0 Å². The third kappa shape index (κ3) is 3.49. The molecule has 0 aliphatic carbocycles. The van der Waals surface area contributed by atoms with Crippen molar-refractivity contribution >= 4 is 17.6 Å². The minimum absolute atomic E-state index is 0.0322. The predicted octanol–water partition coefficient (Wildman–Crippen LogP) is 0.896. The Hall–Kier alpha value is -1.89. The molecule has 0 unspecified atom stereocenters.